The zero-order valence-corrected chi connectivity index (χ0v) is 29.0. The van der Waals surface area contributed by atoms with Crippen LogP contribution in [0.4, 0.5) is 0 Å². The molecule has 0 unspecified atom stereocenters. The van der Waals surface area contributed by atoms with Gasteiger partial charge in [-0.2, -0.15) is 0 Å². The molecule has 0 saturated carbocycles. The quantitative estimate of drug-likeness (QED) is 0.177. The molecular formula is C52H33N. The van der Waals surface area contributed by atoms with Gasteiger partial charge in [-0.05, 0) is 66.9 Å². The zero-order chi connectivity index (χ0) is 34.9. The van der Waals surface area contributed by atoms with Gasteiger partial charge in [0.2, 0.25) is 0 Å². The molecular weight excluding hydrogens is 639 g/mol. The van der Waals surface area contributed by atoms with Crippen LogP contribution < -0.4 is 0 Å². The average Bonchev–Trinajstić information content (AvgIpc) is 3.73. The number of benzene rings is 8. The van der Waals surface area contributed by atoms with Crippen molar-refractivity contribution in [3.63, 3.8) is 0 Å². The van der Waals surface area contributed by atoms with E-state index in [9.17, 15) is 0 Å². The first-order valence-corrected chi connectivity index (χ1v) is 18.4. The minimum atomic E-state index is -0.451. The summed E-state index contributed by atoms with van der Waals surface area (Å²) >= 11 is 0. The highest BCUT2D eigenvalue weighted by Crippen LogP contribution is 2.59. The lowest BCUT2D eigenvalue weighted by atomic mass is 9.67. The summed E-state index contributed by atoms with van der Waals surface area (Å²) < 4.78 is 0. The monoisotopic (exact) mass is 671 g/mol. The molecule has 2 aliphatic carbocycles. The summed E-state index contributed by atoms with van der Waals surface area (Å²) in [6, 6.07) is 73.2. The van der Waals surface area contributed by atoms with Gasteiger partial charge in [0, 0.05) is 27.8 Å². The van der Waals surface area contributed by atoms with E-state index in [0.717, 1.165) is 22.5 Å². The highest BCUT2D eigenvalue weighted by molar-refractivity contribution is 6.21. The van der Waals surface area contributed by atoms with Gasteiger partial charge in [0.05, 0.1) is 16.8 Å². The van der Waals surface area contributed by atoms with Gasteiger partial charge in [-0.3, -0.25) is 0 Å². The maximum atomic E-state index is 5.77. The van der Waals surface area contributed by atoms with Crippen molar-refractivity contribution in [3.8, 4) is 67.0 Å². The van der Waals surface area contributed by atoms with Gasteiger partial charge in [-0.1, -0.05) is 194 Å². The first-order chi connectivity index (χ1) is 26.3. The number of hydrogen-bond donors (Lipinski definition) is 0. The Hall–Kier alpha value is -6.83. The number of rotatable bonds is 5. The average molecular weight is 672 g/mol. The van der Waals surface area contributed by atoms with E-state index in [1.807, 2.05) is 0 Å². The third-order valence-electron chi connectivity index (χ3n) is 11.5. The Morgan fingerprint density at radius 1 is 0.321 bits per heavy atom. The number of hydrogen-bond acceptors (Lipinski definition) is 1. The predicted molar refractivity (Wildman–Crippen MR) is 220 cm³/mol. The standard InChI is InChI=1S/C52H33N/c1-5-17-35(18-6-1)47-48-41-28-15-21-34-22-16-29-42(46(34)41)49(48)50(36-19-7-2-8-20-36)53-51(47)37-31-32-45-43(33-37)40-27-13-14-30-44(40)52(45,38-23-9-3-10-24-38)39-25-11-4-12-26-39/h1-33H. The van der Waals surface area contributed by atoms with E-state index in [-0.39, 0.29) is 0 Å². The molecule has 1 nitrogen and oxygen atoms in total. The summed E-state index contributed by atoms with van der Waals surface area (Å²) in [5, 5.41) is 2.56. The Balaban J connectivity index is 1.26. The SMILES string of the molecule is c1ccc(-c2nc(-c3ccc4c(c3)-c3ccccc3C4(c3ccccc3)c3ccccc3)c(-c3ccccc3)c3c2-c2cccc4cccc-3c24)cc1. The molecule has 1 heterocycles. The summed E-state index contributed by atoms with van der Waals surface area (Å²) in [6.07, 6.45) is 0. The van der Waals surface area contributed by atoms with E-state index >= 15 is 0 Å². The lowest BCUT2D eigenvalue weighted by Crippen LogP contribution is -2.28. The van der Waals surface area contributed by atoms with Crippen LogP contribution in [0.25, 0.3) is 77.8 Å². The molecule has 11 rings (SSSR count). The number of pyridine rings is 1. The molecule has 0 radical (unpaired) electrons. The van der Waals surface area contributed by atoms with Crippen LogP contribution in [-0.4, -0.2) is 4.98 Å². The van der Waals surface area contributed by atoms with Crippen LogP contribution in [0.1, 0.15) is 22.3 Å². The van der Waals surface area contributed by atoms with Gasteiger partial charge in [0.25, 0.3) is 0 Å². The largest absolute Gasteiger partial charge is 0.246 e. The topological polar surface area (TPSA) is 12.9 Å². The first-order valence-electron chi connectivity index (χ1n) is 18.4. The number of fused-ring (bicyclic) bond motifs is 6. The molecule has 1 heteroatoms. The van der Waals surface area contributed by atoms with Crippen LogP contribution in [0.5, 0.6) is 0 Å². The fraction of sp³-hybridized carbons (Fsp3) is 0.0192. The summed E-state index contributed by atoms with van der Waals surface area (Å²) in [7, 11) is 0. The summed E-state index contributed by atoms with van der Waals surface area (Å²) in [6.45, 7) is 0. The fourth-order valence-corrected chi connectivity index (χ4v) is 9.37. The maximum absolute atomic E-state index is 5.77. The van der Waals surface area contributed by atoms with Crippen molar-refractivity contribution < 1.29 is 0 Å². The van der Waals surface area contributed by atoms with Crippen LogP contribution in [0.2, 0.25) is 0 Å². The van der Waals surface area contributed by atoms with Crippen LogP contribution in [-0.2, 0) is 5.41 Å². The third kappa shape index (κ3) is 4.22. The number of aromatic nitrogens is 1. The molecule has 9 aromatic rings. The molecule has 0 aliphatic heterocycles. The van der Waals surface area contributed by atoms with Crippen molar-refractivity contribution in [2.75, 3.05) is 0 Å². The molecule has 8 aromatic carbocycles. The second-order valence-electron chi connectivity index (χ2n) is 14.2. The van der Waals surface area contributed by atoms with Gasteiger partial charge < -0.3 is 0 Å². The molecule has 0 spiro atoms. The molecule has 0 N–H and O–H groups in total. The van der Waals surface area contributed by atoms with Crippen LogP contribution in [0, 0.1) is 0 Å². The normalized spacial score (nSPS) is 13.1. The van der Waals surface area contributed by atoms with Crippen molar-refractivity contribution in [1.29, 1.82) is 0 Å². The van der Waals surface area contributed by atoms with E-state index in [1.165, 1.54) is 77.5 Å². The second kappa shape index (κ2) is 11.6. The maximum Gasteiger partial charge on any atom is 0.0794 e. The van der Waals surface area contributed by atoms with Crippen molar-refractivity contribution in [2.24, 2.45) is 0 Å². The Kier molecular flexibility index (Phi) is 6.53. The van der Waals surface area contributed by atoms with E-state index in [1.54, 1.807) is 0 Å². The molecule has 246 valence electrons. The first kappa shape index (κ1) is 29.9. The minimum absolute atomic E-state index is 0.451. The Bertz CT molecular complexity index is 2810. The van der Waals surface area contributed by atoms with Gasteiger partial charge in [-0.25, -0.2) is 4.98 Å². The highest BCUT2D eigenvalue weighted by atomic mass is 14.7. The summed E-state index contributed by atoms with van der Waals surface area (Å²) in [5.41, 5.74) is 18.8. The molecule has 0 fully saturated rings. The molecule has 0 saturated heterocycles. The molecule has 0 bridgehead atoms. The van der Waals surface area contributed by atoms with E-state index in [4.69, 9.17) is 4.98 Å². The van der Waals surface area contributed by atoms with E-state index in [2.05, 4.69) is 200 Å². The van der Waals surface area contributed by atoms with E-state index in [0.29, 0.717) is 0 Å². The molecule has 1 aromatic heterocycles. The van der Waals surface area contributed by atoms with Gasteiger partial charge in [0.1, 0.15) is 0 Å². The van der Waals surface area contributed by atoms with Crippen molar-refractivity contribution >= 4 is 10.8 Å². The van der Waals surface area contributed by atoms with Crippen LogP contribution >= 0.6 is 0 Å². The minimum Gasteiger partial charge on any atom is -0.246 e. The highest BCUT2D eigenvalue weighted by Gasteiger charge is 2.46. The van der Waals surface area contributed by atoms with Gasteiger partial charge >= 0.3 is 0 Å². The molecule has 2 aliphatic rings. The molecule has 0 atom stereocenters. The van der Waals surface area contributed by atoms with Crippen LogP contribution in [0.3, 0.4) is 0 Å². The zero-order valence-electron chi connectivity index (χ0n) is 29.0. The predicted octanol–water partition coefficient (Wildman–Crippen LogP) is 13.2. The summed E-state index contributed by atoms with van der Waals surface area (Å²) in [4.78, 5) is 5.77. The third-order valence-corrected chi connectivity index (χ3v) is 11.5. The Morgan fingerprint density at radius 2 is 0.830 bits per heavy atom. The Morgan fingerprint density at radius 3 is 1.49 bits per heavy atom. The Labute approximate surface area is 309 Å². The lowest BCUT2D eigenvalue weighted by Gasteiger charge is -2.33. The van der Waals surface area contributed by atoms with E-state index < -0.39 is 5.41 Å². The number of nitrogens with zero attached hydrogens (tertiary/aromatic N) is 1. The molecule has 53 heavy (non-hydrogen) atoms. The fourth-order valence-electron chi connectivity index (χ4n) is 9.37. The van der Waals surface area contributed by atoms with Crippen molar-refractivity contribution in [1.82, 2.24) is 4.98 Å². The smallest absolute Gasteiger partial charge is 0.0794 e. The lowest BCUT2D eigenvalue weighted by molar-refractivity contribution is 0.768. The van der Waals surface area contributed by atoms with Crippen molar-refractivity contribution in [3.05, 3.63) is 222 Å². The van der Waals surface area contributed by atoms with Gasteiger partial charge in [-0.15, -0.1) is 0 Å². The molecule has 0 amide bonds. The van der Waals surface area contributed by atoms with Gasteiger partial charge in [0.15, 0.2) is 0 Å². The van der Waals surface area contributed by atoms with Crippen LogP contribution in [0.15, 0.2) is 200 Å². The second-order valence-corrected chi connectivity index (χ2v) is 14.2. The van der Waals surface area contributed by atoms with Crippen molar-refractivity contribution in [2.45, 2.75) is 5.41 Å². The summed E-state index contributed by atoms with van der Waals surface area (Å²) in [5.74, 6) is 0.